The molecule has 0 saturated carbocycles. The molecule has 0 radical (unpaired) electrons. The summed E-state index contributed by atoms with van der Waals surface area (Å²) in [5.41, 5.74) is 0.587. The Morgan fingerprint density at radius 3 is 2.33 bits per heavy atom. The van der Waals surface area contributed by atoms with Crippen LogP contribution in [0, 0.1) is 0 Å². The van der Waals surface area contributed by atoms with Gasteiger partial charge in [-0.25, -0.2) is 9.59 Å². The van der Waals surface area contributed by atoms with Gasteiger partial charge >= 0.3 is 12.2 Å². The SMILES string of the molecule is CC(=O)c1ccc(OCC[C@@H]2CN(C(=O)O)CCN2C(=O)O)cc1. The zero-order chi connectivity index (χ0) is 17.7. The van der Waals surface area contributed by atoms with Crippen molar-refractivity contribution >= 4 is 18.0 Å². The van der Waals surface area contributed by atoms with Gasteiger partial charge < -0.3 is 24.7 Å². The van der Waals surface area contributed by atoms with Gasteiger partial charge in [0.15, 0.2) is 5.78 Å². The fraction of sp³-hybridized carbons (Fsp3) is 0.438. The van der Waals surface area contributed by atoms with Crippen LogP contribution in [0.2, 0.25) is 0 Å². The lowest BCUT2D eigenvalue weighted by atomic mass is 10.1. The Labute approximate surface area is 139 Å². The molecule has 0 aliphatic carbocycles. The molecule has 1 aliphatic heterocycles. The van der Waals surface area contributed by atoms with Crippen LogP contribution in [0.3, 0.4) is 0 Å². The van der Waals surface area contributed by atoms with E-state index in [1.807, 2.05) is 0 Å². The van der Waals surface area contributed by atoms with Crippen LogP contribution in [0.5, 0.6) is 5.75 Å². The van der Waals surface area contributed by atoms with E-state index >= 15 is 0 Å². The van der Waals surface area contributed by atoms with Gasteiger partial charge in [-0.1, -0.05) is 0 Å². The Morgan fingerprint density at radius 2 is 1.79 bits per heavy atom. The zero-order valence-electron chi connectivity index (χ0n) is 13.3. The Kier molecular flexibility index (Phi) is 5.62. The number of carboxylic acid groups (broad SMARTS) is 2. The largest absolute Gasteiger partial charge is 0.494 e. The minimum Gasteiger partial charge on any atom is -0.494 e. The predicted octanol–water partition coefficient (Wildman–Crippen LogP) is 2.00. The van der Waals surface area contributed by atoms with Crippen molar-refractivity contribution < 1.29 is 29.3 Å². The Bertz CT molecular complexity index is 615. The number of piperazine rings is 1. The Morgan fingerprint density at radius 1 is 1.12 bits per heavy atom. The van der Waals surface area contributed by atoms with E-state index in [1.165, 1.54) is 16.7 Å². The first-order valence-electron chi connectivity index (χ1n) is 7.59. The third kappa shape index (κ3) is 4.37. The molecular formula is C16H20N2O6. The van der Waals surface area contributed by atoms with Gasteiger partial charge in [-0.15, -0.1) is 0 Å². The molecule has 1 aromatic rings. The topological polar surface area (TPSA) is 107 Å². The van der Waals surface area contributed by atoms with E-state index in [0.29, 0.717) is 17.7 Å². The Hall–Kier alpha value is -2.77. The van der Waals surface area contributed by atoms with Crippen molar-refractivity contribution in [2.45, 2.75) is 19.4 Å². The van der Waals surface area contributed by atoms with E-state index in [1.54, 1.807) is 24.3 Å². The summed E-state index contributed by atoms with van der Waals surface area (Å²) in [5, 5.41) is 18.3. The summed E-state index contributed by atoms with van der Waals surface area (Å²) in [5.74, 6) is 0.544. The summed E-state index contributed by atoms with van der Waals surface area (Å²) in [6.07, 6.45) is -1.73. The van der Waals surface area contributed by atoms with Gasteiger partial charge in [0.25, 0.3) is 0 Å². The maximum Gasteiger partial charge on any atom is 0.407 e. The highest BCUT2D eigenvalue weighted by atomic mass is 16.5. The van der Waals surface area contributed by atoms with Crippen molar-refractivity contribution in [2.24, 2.45) is 0 Å². The molecule has 24 heavy (non-hydrogen) atoms. The first-order chi connectivity index (χ1) is 11.4. The van der Waals surface area contributed by atoms with Crippen molar-refractivity contribution in [3.8, 4) is 5.75 Å². The smallest absolute Gasteiger partial charge is 0.407 e. The van der Waals surface area contributed by atoms with Gasteiger partial charge in [0, 0.05) is 31.6 Å². The summed E-state index contributed by atoms with van der Waals surface area (Å²) in [7, 11) is 0. The number of Topliss-reactive ketones (excluding diaryl/α,β-unsaturated/α-hetero) is 1. The van der Waals surface area contributed by atoms with E-state index in [-0.39, 0.29) is 32.0 Å². The highest BCUT2D eigenvalue weighted by molar-refractivity contribution is 5.94. The molecule has 0 bridgehead atoms. The van der Waals surface area contributed by atoms with E-state index in [9.17, 15) is 19.5 Å². The average molecular weight is 336 g/mol. The van der Waals surface area contributed by atoms with Crippen molar-refractivity contribution in [3.63, 3.8) is 0 Å². The summed E-state index contributed by atoms with van der Waals surface area (Å²) < 4.78 is 5.57. The lowest BCUT2D eigenvalue weighted by Crippen LogP contribution is -2.56. The first-order valence-corrected chi connectivity index (χ1v) is 7.59. The normalized spacial score (nSPS) is 17.5. The van der Waals surface area contributed by atoms with Crippen molar-refractivity contribution in [1.82, 2.24) is 9.80 Å². The van der Waals surface area contributed by atoms with Crippen LogP contribution in [-0.2, 0) is 0 Å². The summed E-state index contributed by atoms with van der Waals surface area (Å²) in [4.78, 5) is 36.0. The van der Waals surface area contributed by atoms with Gasteiger partial charge in [-0.2, -0.15) is 0 Å². The molecule has 1 heterocycles. The van der Waals surface area contributed by atoms with Gasteiger partial charge in [0.2, 0.25) is 0 Å². The number of hydrogen-bond acceptors (Lipinski definition) is 4. The van der Waals surface area contributed by atoms with E-state index < -0.39 is 18.2 Å². The van der Waals surface area contributed by atoms with Crippen LogP contribution in [0.1, 0.15) is 23.7 Å². The third-order valence-corrected chi connectivity index (χ3v) is 3.98. The maximum absolute atomic E-state index is 11.3. The number of nitrogens with zero attached hydrogens (tertiary/aromatic N) is 2. The highest BCUT2D eigenvalue weighted by Crippen LogP contribution is 2.16. The maximum atomic E-state index is 11.3. The quantitative estimate of drug-likeness (QED) is 0.796. The summed E-state index contributed by atoms with van der Waals surface area (Å²) in [6.45, 7) is 2.19. The lowest BCUT2D eigenvalue weighted by molar-refractivity contribution is 0.0562. The van der Waals surface area contributed by atoms with Gasteiger partial charge in [0.1, 0.15) is 5.75 Å². The van der Waals surface area contributed by atoms with Crippen molar-refractivity contribution in [1.29, 1.82) is 0 Å². The molecule has 2 rings (SSSR count). The van der Waals surface area contributed by atoms with Crippen molar-refractivity contribution in [2.75, 3.05) is 26.2 Å². The van der Waals surface area contributed by atoms with E-state index in [4.69, 9.17) is 9.84 Å². The second-order valence-corrected chi connectivity index (χ2v) is 5.58. The van der Waals surface area contributed by atoms with Crippen LogP contribution >= 0.6 is 0 Å². The molecule has 0 spiro atoms. The molecule has 2 N–H and O–H groups in total. The number of carbonyl (C=O) groups is 3. The molecule has 8 nitrogen and oxygen atoms in total. The van der Waals surface area contributed by atoms with Crippen molar-refractivity contribution in [3.05, 3.63) is 29.8 Å². The molecule has 1 fully saturated rings. The molecule has 1 aliphatic rings. The standard InChI is InChI=1S/C16H20N2O6/c1-11(19)12-2-4-14(5-3-12)24-9-6-13-10-17(15(20)21)7-8-18(13)16(22)23/h2-5,13H,6-10H2,1H3,(H,20,21)(H,22,23)/t13-/m1/s1. The Balaban J connectivity index is 1.91. The molecule has 0 unspecified atom stereocenters. The van der Waals surface area contributed by atoms with Crippen LogP contribution in [0.15, 0.2) is 24.3 Å². The summed E-state index contributed by atoms with van der Waals surface area (Å²) >= 11 is 0. The number of hydrogen-bond donors (Lipinski definition) is 2. The van der Waals surface area contributed by atoms with Crippen LogP contribution < -0.4 is 4.74 Å². The number of ketones is 1. The first kappa shape index (κ1) is 17.6. The molecular weight excluding hydrogens is 316 g/mol. The molecule has 130 valence electrons. The molecule has 2 amide bonds. The fourth-order valence-electron chi connectivity index (χ4n) is 2.63. The number of ether oxygens (including phenoxy) is 1. The average Bonchev–Trinajstić information content (AvgIpc) is 2.55. The molecule has 0 aromatic heterocycles. The number of benzene rings is 1. The minimum absolute atomic E-state index is 0.0328. The van der Waals surface area contributed by atoms with Gasteiger partial charge in [0.05, 0.1) is 12.6 Å². The number of carbonyl (C=O) groups excluding carboxylic acids is 1. The second kappa shape index (κ2) is 7.67. The molecule has 1 saturated heterocycles. The molecule has 1 aromatic carbocycles. The highest BCUT2D eigenvalue weighted by Gasteiger charge is 2.32. The monoisotopic (exact) mass is 336 g/mol. The van der Waals surface area contributed by atoms with Gasteiger partial charge in [-0.3, -0.25) is 4.79 Å². The molecule has 8 heteroatoms. The number of amides is 2. The summed E-state index contributed by atoms with van der Waals surface area (Å²) in [6, 6.07) is 6.23. The van der Waals surface area contributed by atoms with Crippen LogP contribution in [0.25, 0.3) is 0 Å². The predicted molar refractivity (Wildman–Crippen MR) is 84.7 cm³/mol. The number of rotatable bonds is 5. The lowest BCUT2D eigenvalue weighted by Gasteiger charge is -2.38. The third-order valence-electron chi connectivity index (χ3n) is 3.98. The minimum atomic E-state index is -1.06. The van der Waals surface area contributed by atoms with Crippen LogP contribution in [0.4, 0.5) is 9.59 Å². The van der Waals surface area contributed by atoms with Gasteiger partial charge in [-0.05, 0) is 31.2 Å². The van der Waals surface area contributed by atoms with E-state index in [2.05, 4.69) is 0 Å². The van der Waals surface area contributed by atoms with Crippen LogP contribution in [-0.4, -0.2) is 70.3 Å². The fourth-order valence-corrected chi connectivity index (χ4v) is 2.63. The van der Waals surface area contributed by atoms with E-state index in [0.717, 1.165) is 0 Å². The second-order valence-electron chi connectivity index (χ2n) is 5.58. The zero-order valence-corrected chi connectivity index (χ0v) is 13.3. The molecule has 1 atom stereocenters.